The van der Waals surface area contributed by atoms with E-state index in [0.29, 0.717) is 18.9 Å². The number of amides is 1. The van der Waals surface area contributed by atoms with Crippen LogP contribution >= 0.6 is 0 Å². The number of imidazole rings is 1. The molecule has 4 rings (SSSR count). The Kier molecular flexibility index (Phi) is 4.42. The first-order valence-corrected chi connectivity index (χ1v) is 9.02. The number of halogens is 1. The second-order valence-corrected chi connectivity index (χ2v) is 6.86. The van der Waals surface area contributed by atoms with Crippen molar-refractivity contribution in [3.8, 4) is 0 Å². The molecule has 0 radical (unpaired) electrons. The van der Waals surface area contributed by atoms with Crippen LogP contribution in [0.15, 0.2) is 30.6 Å². The number of aryl methyl sites for hydroxylation is 1. The molecule has 6 heteroatoms. The monoisotopic (exact) mass is 342 g/mol. The van der Waals surface area contributed by atoms with Crippen molar-refractivity contribution in [2.24, 2.45) is 0 Å². The third kappa shape index (κ3) is 3.38. The zero-order valence-electron chi connectivity index (χ0n) is 14.2. The van der Waals surface area contributed by atoms with E-state index in [-0.39, 0.29) is 11.7 Å². The van der Waals surface area contributed by atoms with E-state index in [1.807, 2.05) is 11.0 Å². The number of anilines is 1. The summed E-state index contributed by atoms with van der Waals surface area (Å²) in [5.74, 6) is 0.917. The van der Waals surface area contributed by atoms with Gasteiger partial charge in [0, 0.05) is 56.6 Å². The maximum absolute atomic E-state index is 13.4. The summed E-state index contributed by atoms with van der Waals surface area (Å²) in [5.41, 5.74) is 2.28. The zero-order chi connectivity index (χ0) is 17.2. The molecule has 1 fully saturated rings. The van der Waals surface area contributed by atoms with Gasteiger partial charge in [0.1, 0.15) is 11.6 Å². The number of likely N-dealkylation sites (tertiary alicyclic amines) is 1. The van der Waals surface area contributed by atoms with Crippen LogP contribution in [0, 0.1) is 5.82 Å². The van der Waals surface area contributed by atoms with Crippen LogP contribution in [0.3, 0.4) is 0 Å². The first kappa shape index (κ1) is 16.1. The number of fused-ring (bicyclic) bond motifs is 1. The van der Waals surface area contributed by atoms with Crippen molar-refractivity contribution < 1.29 is 9.18 Å². The number of nitrogens with zero attached hydrogens (tertiary/aromatic N) is 3. The van der Waals surface area contributed by atoms with Crippen LogP contribution in [-0.4, -0.2) is 46.5 Å². The van der Waals surface area contributed by atoms with Crippen LogP contribution in [0.2, 0.25) is 0 Å². The topological polar surface area (TPSA) is 52.2 Å². The standard InChI is InChI=1S/C19H23FN4O/c20-15-1-2-17-14(13-15)5-12-24(17)16-6-10-23(11-7-16)19(25)4-3-18-21-8-9-22-18/h1-2,8-9,13,16H,3-7,10-12H2,(H,21,22). The molecule has 5 nitrogen and oxygen atoms in total. The van der Waals surface area contributed by atoms with E-state index < -0.39 is 0 Å². The molecule has 1 aromatic heterocycles. The van der Waals surface area contributed by atoms with Gasteiger partial charge in [0.2, 0.25) is 5.91 Å². The quantitative estimate of drug-likeness (QED) is 0.929. The van der Waals surface area contributed by atoms with Gasteiger partial charge in [-0.25, -0.2) is 9.37 Å². The minimum Gasteiger partial charge on any atom is -0.368 e. The lowest BCUT2D eigenvalue weighted by atomic mass is 10.0. The molecule has 0 bridgehead atoms. The van der Waals surface area contributed by atoms with Crippen LogP contribution in [0.25, 0.3) is 0 Å². The molecule has 0 unspecified atom stereocenters. The summed E-state index contributed by atoms with van der Waals surface area (Å²) in [6, 6.07) is 5.55. The van der Waals surface area contributed by atoms with Crippen molar-refractivity contribution in [2.45, 2.75) is 38.1 Å². The average molecular weight is 342 g/mol. The van der Waals surface area contributed by atoms with Gasteiger partial charge in [0.15, 0.2) is 0 Å². The number of carbonyl (C=O) groups is 1. The summed E-state index contributed by atoms with van der Waals surface area (Å²) in [7, 11) is 0. The number of carbonyl (C=O) groups excluding carboxylic acids is 1. The summed E-state index contributed by atoms with van der Waals surface area (Å²) in [5, 5.41) is 0. The average Bonchev–Trinajstić information content (AvgIpc) is 3.29. The van der Waals surface area contributed by atoms with E-state index in [0.717, 1.165) is 50.3 Å². The summed E-state index contributed by atoms with van der Waals surface area (Å²) in [4.78, 5) is 24.0. The normalized spacial score (nSPS) is 17.8. The highest BCUT2D eigenvalue weighted by molar-refractivity contribution is 5.76. The molecular weight excluding hydrogens is 319 g/mol. The van der Waals surface area contributed by atoms with Crippen LogP contribution in [0.5, 0.6) is 0 Å². The molecule has 25 heavy (non-hydrogen) atoms. The van der Waals surface area contributed by atoms with E-state index in [9.17, 15) is 9.18 Å². The Morgan fingerprint density at radius 2 is 2.12 bits per heavy atom. The number of benzene rings is 1. The van der Waals surface area contributed by atoms with Gasteiger partial charge in [-0.05, 0) is 43.0 Å². The van der Waals surface area contributed by atoms with E-state index >= 15 is 0 Å². The van der Waals surface area contributed by atoms with Crippen molar-refractivity contribution >= 4 is 11.6 Å². The van der Waals surface area contributed by atoms with Crippen molar-refractivity contribution in [3.05, 3.63) is 47.8 Å². The van der Waals surface area contributed by atoms with E-state index in [1.54, 1.807) is 24.5 Å². The predicted molar refractivity (Wildman–Crippen MR) is 94.0 cm³/mol. The first-order valence-electron chi connectivity index (χ1n) is 9.02. The SMILES string of the molecule is O=C(CCc1ncc[nH]1)N1CCC(N2CCc3cc(F)ccc32)CC1. The van der Waals surface area contributed by atoms with Crippen LogP contribution in [0.1, 0.15) is 30.7 Å². The molecule has 1 N–H and O–H groups in total. The second-order valence-electron chi connectivity index (χ2n) is 6.86. The molecule has 1 aromatic carbocycles. The van der Waals surface area contributed by atoms with E-state index in [1.165, 1.54) is 5.69 Å². The van der Waals surface area contributed by atoms with Gasteiger partial charge < -0.3 is 14.8 Å². The fraction of sp³-hybridized carbons (Fsp3) is 0.474. The summed E-state index contributed by atoms with van der Waals surface area (Å²) >= 11 is 0. The first-order chi connectivity index (χ1) is 12.2. The Bertz CT molecular complexity index is 738. The van der Waals surface area contributed by atoms with E-state index in [2.05, 4.69) is 14.9 Å². The summed E-state index contributed by atoms with van der Waals surface area (Å²) < 4.78 is 13.4. The van der Waals surface area contributed by atoms with Crippen LogP contribution in [0.4, 0.5) is 10.1 Å². The molecule has 0 aliphatic carbocycles. The largest absolute Gasteiger partial charge is 0.368 e. The Hall–Kier alpha value is -2.37. The van der Waals surface area contributed by atoms with Crippen molar-refractivity contribution in [1.29, 1.82) is 0 Å². The van der Waals surface area contributed by atoms with E-state index in [4.69, 9.17) is 0 Å². The number of rotatable bonds is 4. The molecule has 2 aliphatic rings. The fourth-order valence-corrected chi connectivity index (χ4v) is 4.02. The van der Waals surface area contributed by atoms with Gasteiger partial charge in [-0.2, -0.15) is 0 Å². The molecular formula is C19H23FN4O. The van der Waals surface area contributed by atoms with Crippen molar-refractivity contribution in [1.82, 2.24) is 14.9 Å². The number of nitrogens with one attached hydrogen (secondary N) is 1. The predicted octanol–water partition coefficient (Wildman–Crippen LogP) is 2.54. The minimum atomic E-state index is -0.155. The second kappa shape index (κ2) is 6.86. The Morgan fingerprint density at radius 1 is 1.28 bits per heavy atom. The third-order valence-electron chi connectivity index (χ3n) is 5.36. The number of H-pyrrole nitrogens is 1. The maximum Gasteiger partial charge on any atom is 0.223 e. The molecule has 0 atom stereocenters. The maximum atomic E-state index is 13.4. The fourth-order valence-electron chi connectivity index (χ4n) is 4.02. The molecule has 1 saturated heterocycles. The molecule has 3 heterocycles. The molecule has 1 amide bonds. The van der Waals surface area contributed by atoms with Gasteiger partial charge in [-0.15, -0.1) is 0 Å². The summed E-state index contributed by atoms with van der Waals surface area (Å²) in [6.07, 6.45) is 7.53. The molecule has 2 aliphatic heterocycles. The number of aromatic amines is 1. The lowest BCUT2D eigenvalue weighted by molar-refractivity contribution is -0.132. The van der Waals surface area contributed by atoms with Gasteiger partial charge in [0.25, 0.3) is 0 Å². The number of hydrogen-bond donors (Lipinski definition) is 1. The Balaban J connectivity index is 1.31. The number of hydrogen-bond acceptors (Lipinski definition) is 3. The smallest absolute Gasteiger partial charge is 0.223 e. The number of aromatic nitrogens is 2. The molecule has 0 spiro atoms. The molecule has 132 valence electrons. The summed E-state index contributed by atoms with van der Waals surface area (Å²) in [6.45, 7) is 2.55. The van der Waals surface area contributed by atoms with Gasteiger partial charge in [0.05, 0.1) is 0 Å². The van der Waals surface area contributed by atoms with Crippen molar-refractivity contribution in [2.75, 3.05) is 24.5 Å². The lowest BCUT2D eigenvalue weighted by Crippen LogP contribution is -2.46. The van der Waals surface area contributed by atoms with Crippen LogP contribution < -0.4 is 4.90 Å². The Morgan fingerprint density at radius 3 is 2.88 bits per heavy atom. The highest BCUT2D eigenvalue weighted by Crippen LogP contribution is 2.33. The van der Waals surface area contributed by atoms with Gasteiger partial charge in [-0.1, -0.05) is 0 Å². The van der Waals surface area contributed by atoms with Crippen LogP contribution in [-0.2, 0) is 17.6 Å². The third-order valence-corrected chi connectivity index (χ3v) is 5.36. The van der Waals surface area contributed by atoms with Gasteiger partial charge >= 0.3 is 0 Å². The molecule has 2 aromatic rings. The highest BCUT2D eigenvalue weighted by atomic mass is 19.1. The van der Waals surface area contributed by atoms with Gasteiger partial charge in [-0.3, -0.25) is 4.79 Å². The minimum absolute atomic E-state index is 0.155. The Labute approximate surface area is 146 Å². The lowest BCUT2D eigenvalue weighted by Gasteiger charge is -2.38. The zero-order valence-corrected chi connectivity index (χ0v) is 14.2. The van der Waals surface area contributed by atoms with Crippen molar-refractivity contribution in [3.63, 3.8) is 0 Å². The number of piperidine rings is 1. The highest BCUT2D eigenvalue weighted by Gasteiger charge is 2.30. The molecule has 0 saturated carbocycles.